The molecule has 1 fully saturated rings. The van der Waals surface area contributed by atoms with Gasteiger partial charge in [-0.15, -0.1) is 11.3 Å². The molecule has 138 valence electrons. The maximum atomic E-state index is 12.8. The first-order chi connectivity index (χ1) is 12.7. The largest absolute Gasteiger partial charge is 0.450 e. The van der Waals surface area contributed by atoms with Crippen LogP contribution in [0.3, 0.4) is 0 Å². The van der Waals surface area contributed by atoms with Crippen LogP contribution < -0.4 is 10.2 Å². The second-order valence-corrected chi connectivity index (χ2v) is 7.26. The Morgan fingerprint density at radius 2 is 2.04 bits per heavy atom. The number of anilines is 1. The molecule has 0 bridgehead atoms. The number of carbonyl (C=O) groups excluding carboxylic acids is 2. The number of amides is 2. The van der Waals surface area contributed by atoms with Gasteiger partial charge in [-0.25, -0.2) is 4.79 Å². The first kappa shape index (κ1) is 18.4. The Bertz CT molecular complexity index is 740. The van der Waals surface area contributed by atoms with Gasteiger partial charge in [-0.1, -0.05) is 12.1 Å². The maximum absolute atomic E-state index is 12.8. The molecule has 6 nitrogen and oxygen atoms in total. The van der Waals surface area contributed by atoms with Crippen LogP contribution in [0.4, 0.5) is 10.5 Å². The molecule has 2 N–H and O–H groups in total. The smallest absolute Gasteiger partial charge is 0.411 e. The van der Waals surface area contributed by atoms with Crippen molar-refractivity contribution in [3.8, 4) is 0 Å². The maximum Gasteiger partial charge on any atom is 0.411 e. The average molecular weight is 374 g/mol. The van der Waals surface area contributed by atoms with E-state index in [0.717, 1.165) is 32.7 Å². The fourth-order valence-electron chi connectivity index (χ4n) is 3.06. The Morgan fingerprint density at radius 1 is 1.23 bits per heavy atom. The van der Waals surface area contributed by atoms with Crippen molar-refractivity contribution in [3.05, 3.63) is 52.2 Å². The van der Waals surface area contributed by atoms with E-state index in [1.807, 2.05) is 4.90 Å². The number of rotatable bonds is 5. The normalized spacial score (nSPS) is 14.9. The van der Waals surface area contributed by atoms with Crippen LogP contribution in [0.2, 0.25) is 0 Å². The number of hydrogen-bond acceptors (Lipinski definition) is 4. The summed E-state index contributed by atoms with van der Waals surface area (Å²) in [6.45, 7) is 6.47. The van der Waals surface area contributed by atoms with Crippen LogP contribution in [0, 0.1) is 0 Å². The Balaban J connectivity index is 1.55. The molecule has 0 radical (unpaired) electrons. The van der Waals surface area contributed by atoms with Crippen LogP contribution in [0.5, 0.6) is 0 Å². The van der Waals surface area contributed by atoms with E-state index in [4.69, 9.17) is 4.74 Å². The summed E-state index contributed by atoms with van der Waals surface area (Å²) in [7, 11) is 0. The number of thiophene rings is 1. The molecule has 1 saturated heterocycles. The fourth-order valence-corrected chi connectivity index (χ4v) is 3.84. The molecule has 0 unspecified atom stereocenters. The summed E-state index contributed by atoms with van der Waals surface area (Å²) < 4.78 is 4.87. The summed E-state index contributed by atoms with van der Waals surface area (Å²) in [6, 6.07) is 11.2. The molecule has 2 amide bonds. The van der Waals surface area contributed by atoms with E-state index in [1.54, 1.807) is 42.5 Å². The zero-order valence-electron chi connectivity index (χ0n) is 14.9. The minimum atomic E-state index is -0.511. The van der Waals surface area contributed by atoms with Crippen molar-refractivity contribution in [2.45, 2.75) is 13.5 Å². The zero-order valence-corrected chi connectivity index (χ0v) is 15.7. The lowest BCUT2D eigenvalue weighted by Gasteiger charge is -2.32. The van der Waals surface area contributed by atoms with Crippen LogP contribution in [0.1, 0.15) is 22.2 Å². The highest BCUT2D eigenvalue weighted by atomic mass is 32.1. The highest BCUT2D eigenvalue weighted by Gasteiger charge is 2.25. The predicted octanol–water partition coefficient (Wildman–Crippen LogP) is 1.86. The van der Waals surface area contributed by atoms with Crippen molar-refractivity contribution in [2.24, 2.45) is 0 Å². The van der Waals surface area contributed by atoms with Crippen molar-refractivity contribution < 1.29 is 19.2 Å². The number of nitrogens with one attached hydrogen (secondary N) is 2. The van der Waals surface area contributed by atoms with E-state index in [2.05, 4.69) is 22.8 Å². The number of carbonyl (C=O) groups is 2. The minimum absolute atomic E-state index is 0.00711. The third kappa shape index (κ3) is 4.83. The number of nitrogens with zero attached hydrogens (tertiary/aromatic N) is 1. The van der Waals surface area contributed by atoms with E-state index >= 15 is 0 Å². The lowest BCUT2D eigenvalue weighted by Crippen LogP contribution is -3.13. The molecule has 1 aliphatic rings. The standard InChI is InChI=1S/C19H23N3O3S/c1-2-25-19(24)20-16-6-3-5-15(13-16)18(23)22-10-8-21(9-11-22)14-17-7-4-12-26-17/h3-7,12-13H,2,8-11,14H2,1H3,(H,20,24)/p+1. The first-order valence-electron chi connectivity index (χ1n) is 8.84. The number of piperazine rings is 1. The van der Waals surface area contributed by atoms with Crippen LogP contribution in [-0.2, 0) is 11.3 Å². The molecule has 0 atom stereocenters. The lowest BCUT2D eigenvalue weighted by atomic mass is 10.1. The Labute approximate surface area is 157 Å². The summed E-state index contributed by atoms with van der Waals surface area (Å²) in [5.74, 6) is 0.00711. The summed E-state index contributed by atoms with van der Waals surface area (Å²) in [4.78, 5) is 29.1. The second-order valence-electron chi connectivity index (χ2n) is 6.22. The minimum Gasteiger partial charge on any atom is -0.450 e. The third-order valence-electron chi connectivity index (χ3n) is 4.39. The molecule has 0 saturated carbocycles. The van der Waals surface area contributed by atoms with Crippen molar-refractivity contribution in [3.63, 3.8) is 0 Å². The highest BCUT2D eigenvalue weighted by molar-refractivity contribution is 7.09. The van der Waals surface area contributed by atoms with E-state index in [-0.39, 0.29) is 5.91 Å². The zero-order chi connectivity index (χ0) is 18.4. The fraction of sp³-hybridized carbons (Fsp3) is 0.368. The first-order valence-corrected chi connectivity index (χ1v) is 9.72. The summed E-state index contributed by atoms with van der Waals surface area (Å²) in [5.41, 5.74) is 1.15. The molecule has 7 heteroatoms. The molecule has 2 aromatic rings. The van der Waals surface area contributed by atoms with Crippen molar-refractivity contribution in [1.29, 1.82) is 0 Å². The van der Waals surface area contributed by atoms with E-state index in [0.29, 0.717) is 17.9 Å². The monoisotopic (exact) mass is 374 g/mol. The van der Waals surface area contributed by atoms with Crippen LogP contribution in [0.15, 0.2) is 41.8 Å². The molecule has 3 rings (SSSR count). The molecule has 1 aromatic carbocycles. The van der Waals surface area contributed by atoms with Crippen molar-refractivity contribution in [2.75, 3.05) is 38.1 Å². The Morgan fingerprint density at radius 3 is 2.73 bits per heavy atom. The third-order valence-corrected chi connectivity index (χ3v) is 5.27. The topological polar surface area (TPSA) is 63.1 Å². The number of benzene rings is 1. The van der Waals surface area contributed by atoms with Gasteiger partial charge in [-0.2, -0.15) is 0 Å². The van der Waals surface area contributed by atoms with E-state index in [1.165, 1.54) is 9.78 Å². The van der Waals surface area contributed by atoms with Gasteiger partial charge in [0.05, 0.1) is 37.7 Å². The molecular formula is C19H24N3O3S+. The number of ether oxygens (including phenoxy) is 1. The Kier molecular flexibility index (Phi) is 6.25. The SMILES string of the molecule is CCOC(=O)Nc1cccc(C(=O)N2CC[NH+](Cc3cccs3)CC2)c1. The second kappa shape index (κ2) is 8.82. The van der Waals surface area contributed by atoms with Gasteiger partial charge in [0, 0.05) is 11.3 Å². The Hall–Kier alpha value is -2.38. The van der Waals surface area contributed by atoms with Gasteiger partial charge < -0.3 is 14.5 Å². The molecule has 0 aliphatic carbocycles. The molecule has 2 heterocycles. The van der Waals surface area contributed by atoms with Gasteiger partial charge in [-0.05, 0) is 36.6 Å². The highest BCUT2D eigenvalue weighted by Crippen LogP contribution is 2.13. The van der Waals surface area contributed by atoms with E-state index < -0.39 is 6.09 Å². The van der Waals surface area contributed by atoms with Crippen LogP contribution in [-0.4, -0.2) is 49.7 Å². The predicted molar refractivity (Wildman–Crippen MR) is 102 cm³/mol. The van der Waals surface area contributed by atoms with Crippen molar-refractivity contribution >= 4 is 29.0 Å². The van der Waals surface area contributed by atoms with Gasteiger partial charge in [-0.3, -0.25) is 10.1 Å². The van der Waals surface area contributed by atoms with Gasteiger partial charge in [0.25, 0.3) is 5.91 Å². The lowest BCUT2D eigenvalue weighted by molar-refractivity contribution is -0.917. The number of quaternary nitrogens is 1. The summed E-state index contributed by atoms with van der Waals surface area (Å²) in [6.07, 6.45) is -0.511. The molecular weight excluding hydrogens is 350 g/mol. The van der Waals surface area contributed by atoms with Crippen molar-refractivity contribution in [1.82, 2.24) is 4.90 Å². The van der Waals surface area contributed by atoms with Gasteiger partial charge in [0.15, 0.2) is 0 Å². The average Bonchev–Trinajstić information content (AvgIpc) is 3.15. The van der Waals surface area contributed by atoms with Gasteiger partial charge in [0.2, 0.25) is 0 Å². The van der Waals surface area contributed by atoms with Crippen LogP contribution in [0.25, 0.3) is 0 Å². The molecule has 0 spiro atoms. The molecule has 1 aromatic heterocycles. The van der Waals surface area contributed by atoms with Crippen LogP contribution >= 0.6 is 11.3 Å². The summed E-state index contributed by atoms with van der Waals surface area (Å²) >= 11 is 1.78. The van der Waals surface area contributed by atoms with Gasteiger partial charge in [0.1, 0.15) is 6.54 Å². The van der Waals surface area contributed by atoms with Gasteiger partial charge >= 0.3 is 6.09 Å². The molecule has 1 aliphatic heterocycles. The quantitative estimate of drug-likeness (QED) is 0.840. The molecule has 26 heavy (non-hydrogen) atoms. The summed E-state index contributed by atoms with van der Waals surface area (Å²) in [5, 5.41) is 4.74. The van der Waals surface area contributed by atoms with E-state index in [9.17, 15) is 9.59 Å². The number of hydrogen-bond donors (Lipinski definition) is 2.